The van der Waals surface area contributed by atoms with Gasteiger partial charge in [0.1, 0.15) is 17.5 Å². The third kappa shape index (κ3) is 6.50. The van der Waals surface area contributed by atoms with E-state index in [1.807, 2.05) is 0 Å². The lowest BCUT2D eigenvalue weighted by Gasteiger charge is -2.24. The van der Waals surface area contributed by atoms with Crippen molar-refractivity contribution in [3.63, 3.8) is 0 Å². The minimum absolute atomic E-state index is 0.0517. The van der Waals surface area contributed by atoms with E-state index < -0.39 is 21.8 Å². The first-order valence-corrected chi connectivity index (χ1v) is 12.1. The highest BCUT2D eigenvalue weighted by Crippen LogP contribution is 2.33. The molecule has 2 aliphatic rings. The van der Waals surface area contributed by atoms with Gasteiger partial charge in [-0.3, -0.25) is 4.79 Å². The zero-order valence-corrected chi connectivity index (χ0v) is 17.8. The Hall–Kier alpha value is -2.00. The van der Waals surface area contributed by atoms with Gasteiger partial charge in [0.25, 0.3) is 5.91 Å². The van der Waals surface area contributed by atoms with Crippen LogP contribution >= 0.6 is 0 Å². The van der Waals surface area contributed by atoms with Gasteiger partial charge in [0, 0.05) is 42.7 Å². The van der Waals surface area contributed by atoms with Gasteiger partial charge in [-0.25, -0.2) is 13.4 Å². The van der Waals surface area contributed by atoms with Crippen LogP contribution in [0.25, 0.3) is 0 Å². The molecule has 3 rings (SSSR count). The third-order valence-corrected chi connectivity index (χ3v) is 5.81. The van der Waals surface area contributed by atoms with Crippen LogP contribution in [0.1, 0.15) is 67.5 Å². The topological polar surface area (TPSA) is 107 Å². The molecular weight excluding hydrogens is 394 g/mol. The largest absolute Gasteiger partial charge is 0.474 e. The summed E-state index contributed by atoms with van der Waals surface area (Å²) in [5, 5.41) is 3.84. The van der Waals surface area contributed by atoms with Gasteiger partial charge in [-0.1, -0.05) is 18.9 Å². The fraction of sp³-hybridized carbons (Fsp3) is 0.650. The molecule has 0 spiro atoms. The lowest BCUT2D eigenvalue weighted by molar-refractivity contribution is 0.0231. The number of carbonyl (C=O) groups excluding carboxylic acids is 1. The Labute approximate surface area is 172 Å². The summed E-state index contributed by atoms with van der Waals surface area (Å²) in [5.74, 6) is 0.938. The second-order valence-corrected chi connectivity index (χ2v) is 9.71. The Morgan fingerprint density at radius 3 is 2.62 bits per heavy atom. The molecule has 2 fully saturated rings. The first kappa shape index (κ1) is 21.7. The van der Waals surface area contributed by atoms with Crippen LogP contribution in [0, 0.1) is 0 Å². The molecule has 1 atom stereocenters. The zero-order chi connectivity index (χ0) is 20.9. The van der Waals surface area contributed by atoms with E-state index in [1.54, 1.807) is 6.92 Å². The van der Waals surface area contributed by atoms with E-state index >= 15 is 0 Å². The van der Waals surface area contributed by atoms with Gasteiger partial charge in [0.2, 0.25) is 5.88 Å². The molecule has 0 bridgehead atoms. The summed E-state index contributed by atoms with van der Waals surface area (Å²) < 4.78 is 34.0. The maximum absolute atomic E-state index is 12.8. The molecule has 1 saturated carbocycles. The van der Waals surface area contributed by atoms with Crippen molar-refractivity contribution < 1.29 is 22.7 Å². The van der Waals surface area contributed by atoms with E-state index in [1.165, 1.54) is 12.3 Å². The van der Waals surface area contributed by atoms with E-state index in [4.69, 9.17) is 9.47 Å². The Bertz CT molecular complexity index is 844. The molecule has 1 N–H and O–H groups in total. The van der Waals surface area contributed by atoms with Crippen LogP contribution in [0.5, 0.6) is 5.88 Å². The van der Waals surface area contributed by atoms with Gasteiger partial charge in [0.05, 0.1) is 13.2 Å². The highest BCUT2D eigenvalue weighted by atomic mass is 32.2. The Morgan fingerprint density at radius 2 is 1.97 bits per heavy atom. The second kappa shape index (κ2) is 9.67. The normalized spacial score (nSPS) is 20.1. The van der Waals surface area contributed by atoms with Crippen LogP contribution in [0.15, 0.2) is 17.7 Å². The first-order chi connectivity index (χ1) is 13.8. The maximum Gasteiger partial charge on any atom is 0.258 e. The molecular formula is C20H29N3O5S. The lowest BCUT2D eigenvalue weighted by Crippen LogP contribution is -2.33. The number of nitrogens with zero attached hydrogens (tertiary/aromatic N) is 2. The van der Waals surface area contributed by atoms with Crippen molar-refractivity contribution in [2.75, 3.05) is 19.5 Å². The number of sulfone groups is 1. The minimum atomic E-state index is -3.26. The maximum atomic E-state index is 12.8. The van der Waals surface area contributed by atoms with Gasteiger partial charge in [0.15, 0.2) is 9.84 Å². The van der Waals surface area contributed by atoms with Crippen molar-refractivity contribution in [1.82, 2.24) is 15.3 Å². The number of ether oxygens (including phenoxy) is 2. The molecule has 1 aromatic heterocycles. The van der Waals surface area contributed by atoms with Gasteiger partial charge >= 0.3 is 0 Å². The van der Waals surface area contributed by atoms with E-state index in [0.29, 0.717) is 25.0 Å². The number of hydrogen-bond donors (Lipinski definition) is 1. The van der Waals surface area contributed by atoms with Gasteiger partial charge in [-0.15, -0.1) is 0 Å². The molecule has 1 aliphatic heterocycles. The summed E-state index contributed by atoms with van der Waals surface area (Å²) >= 11 is 0. The molecule has 29 heavy (non-hydrogen) atoms. The highest BCUT2D eigenvalue weighted by molar-refractivity contribution is 7.93. The number of nitrogens with one attached hydrogen (secondary N) is 1. The van der Waals surface area contributed by atoms with Gasteiger partial charge in [-0.2, -0.15) is 4.98 Å². The molecule has 1 aliphatic carbocycles. The van der Waals surface area contributed by atoms with Crippen LogP contribution in [0.2, 0.25) is 0 Å². The van der Waals surface area contributed by atoms with Gasteiger partial charge in [-0.05, 0) is 19.8 Å². The number of aromatic nitrogens is 2. The Kier molecular flexibility index (Phi) is 7.23. The van der Waals surface area contributed by atoms with E-state index in [-0.39, 0.29) is 11.7 Å². The summed E-state index contributed by atoms with van der Waals surface area (Å²) in [6.07, 6.45) is 9.93. The predicted molar refractivity (Wildman–Crippen MR) is 109 cm³/mol. The molecule has 1 saturated heterocycles. The third-order valence-electron chi connectivity index (χ3n) is 5.16. The van der Waals surface area contributed by atoms with Crippen LogP contribution in [-0.2, 0) is 14.6 Å². The molecule has 9 heteroatoms. The van der Waals surface area contributed by atoms with E-state index in [9.17, 15) is 13.2 Å². The summed E-state index contributed by atoms with van der Waals surface area (Å²) in [6.45, 7) is 2.95. The molecule has 1 aromatic rings. The van der Waals surface area contributed by atoms with Crippen molar-refractivity contribution in [2.24, 2.45) is 0 Å². The highest BCUT2D eigenvalue weighted by Gasteiger charge is 2.26. The standard InChI is InChI=1S/C20H29N3O5S/c1-14(9-12-29(2,25)26)22-19(24)17-13-21-18(15-5-3-4-6-15)23-20(17)28-16-7-10-27-11-8-16/h9,12-16H,3-8,10-11H2,1-2H3,(H,22,24). The summed E-state index contributed by atoms with van der Waals surface area (Å²) in [6, 6.07) is -0.470. The van der Waals surface area contributed by atoms with E-state index in [2.05, 4.69) is 15.3 Å². The van der Waals surface area contributed by atoms with Crippen LogP contribution in [0.4, 0.5) is 0 Å². The SMILES string of the molecule is CC(C=CS(C)(=O)=O)NC(=O)c1cnc(C2CCCC2)nc1OC1CCOCC1. The molecule has 0 aromatic carbocycles. The molecule has 1 unspecified atom stereocenters. The molecule has 160 valence electrons. The minimum Gasteiger partial charge on any atom is -0.474 e. The van der Waals surface area contributed by atoms with Gasteiger partial charge < -0.3 is 14.8 Å². The predicted octanol–water partition coefficient (Wildman–Crippen LogP) is 2.37. The van der Waals surface area contributed by atoms with Crippen molar-refractivity contribution in [3.05, 3.63) is 29.1 Å². The molecule has 1 amide bonds. The monoisotopic (exact) mass is 423 g/mol. The van der Waals surface area contributed by atoms with Crippen LogP contribution < -0.4 is 10.1 Å². The average Bonchev–Trinajstić information content (AvgIpc) is 3.21. The van der Waals surface area contributed by atoms with Crippen molar-refractivity contribution in [2.45, 2.75) is 63.5 Å². The summed E-state index contributed by atoms with van der Waals surface area (Å²) in [5.41, 5.74) is 0.262. The summed E-state index contributed by atoms with van der Waals surface area (Å²) in [7, 11) is -3.26. The fourth-order valence-corrected chi connectivity index (χ4v) is 4.07. The quantitative estimate of drug-likeness (QED) is 0.717. The lowest BCUT2D eigenvalue weighted by atomic mass is 10.1. The second-order valence-electron chi connectivity index (χ2n) is 7.78. The fourth-order valence-electron chi connectivity index (χ4n) is 3.55. The molecule has 2 heterocycles. The van der Waals surface area contributed by atoms with Crippen LogP contribution in [0.3, 0.4) is 0 Å². The smallest absolute Gasteiger partial charge is 0.258 e. The number of carbonyl (C=O) groups is 1. The van der Waals surface area contributed by atoms with E-state index in [0.717, 1.165) is 56.0 Å². The van der Waals surface area contributed by atoms with Crippen molar-refractivity contribution in [3.8, 4) is 5.88 Å². The Balaban J connectivity index is 1.79. The van der Waals surface area contributed by atoms with Crippen molar-refractivity contribution in [1.29, 1.82) is 0 Å². The van der Waals surface area contributed by atoms with Crippen LogP contribution in [-0.4, -0.2) is 55.9 Å². The zero-order valence-electron chi connectivity index (χ0n) is 17.0. The molecule has 8 nitrogen and oxygen atoms in total. The first-order valence-electron chi connectivity index (χ1n) is 10.1. The number of rotatable bonds is 7. The Morgan fingerprint density at radius 1 is 1.28 bits per heavy atom. The summed E-state index contributed by atoms with van der Waals surface area (Å²) in [4.78, 5) is 21.8. The molecule has 0 radical (unpaired) electrons. The van der Waals surface area contributed by atoms with Crippen molar-refractivity contribution >= 4 is 15.7 Å². The number of hydrogen-bond acceptors (Lipinski definition) is 7. The number of amides is 1. The average molecular weight is 424 g/mol.